The number of nitrogen functional groups attached to an aromatic ring is 1. The van der Waals surface area contributed by atoms with Crippen LogP contribution in [0.25, 0.3) is 0 Å². The van der Waals surface area contributed by atoms with Gasteiger partial charge < -0.3 is 25.7 Å². The average molecular weight is 383 g/mol. The quantitative estimate of drug-likeness (QED) is 0.606. The first-order chi connectivity index (χ1) is 12.6. The Bertz CT molecular complexity index is 869. The van der Waals surface area contributed by atoms with Crippen LogP contribution in [0.2, 0.25) is 0 Å². The Balaban J connectivity index is 2.66. The number of ether oxygens (including phenoxy) is 3. The molecule has 1 atom stereocenters. The number of alkyl halides is 3. The fourth-order valence-corrected chi connectivity index (χ4v) is 2.67. The van der Waals surface area contributed by atoms with Crippen LogP contribution in [0, 0.1) is 11.3 Å². The number of carbonyl (C=O) groups is 1. The van der Waals surface area contributed by atoms with Crippen molar-refractivity contribution in [2.45, 2.75) is 26.1 Å². The van der Waals surface area contributed by atoms with Crippen LogP contribution in [0.15, 0.2) is 41.0 Å². The monoisotopic (exact) mass is 383 g/mol. The number of nitrogens with two attached hydrogens (primary N) is 2. The molecule has 1 aromatic carbocycles. The van der Waals surface area contributed by atoms with Crippen LogP contribution in [0.1, 0.15) is 25.3 Å². The van der Waals surface area contributed by atoms with Gasteiger partial charge in [-0.2, -0.15) is 5.26 Å². The van der Waals surface area contributed by atoms with Gasteiger partial charge in [0.25, 0.3) is 0 Å². The number of hydrogen-bond donors (Lipinski definition) is 2. The molecule has 1 aliphatic rings. The molecular formula is C17H16F3N3O4. The van der Waals surface area contributed by atoms with E-state index >= 15 is 0 Å². The molecule has 0 radical (unpaired) electrons. The lowest BCUT2D eigenvalue weighted by Gasteiger charge is -2.27. The van der Waals surface area contributed by atoms with Crippen LogP contribution in [0.3, 0.4) is 0 Å². The molecule has 0 aromatic heterocycles. The Labute approximate surface area is 152 Å². The molecule has 2 rings (SSSR count). The largest absolute Gasteiger partial charge is 0.573 e. The zero-order chi connectivity index (χ0) is 20.4. The minimum absolute atomic E-state index is 0.0296. The van der Waals surface area contributed by atoms with Crippen LogP contribution in [-0.4, -0.2) is 18.9 Å². The Morgan fingerprint density at radius 2 is 2.04 bits per heavy atom. The summed E-state index contributed by atoms with van der Waals surface area (Å²) in [5.41, 5.74) is 11.4. The number of halogens is 3. The number of rotatable bonds is 4. The molecule has 1 aliphatic heterocycles. The second kappa shape index (κ2) is 7.49. The summed E-state index contributed by atoms with van der Waals surface area (Å²) in [5, 5.41) is 9.46. The molecule has 0 fully saturated rings. The summed E-state index contributed by atoms with van der Waals surface area (Å²) >= 11 is 0. The first-order valence-electron chi connectivity index (χ1n) is 7.69. The van der Waals surface area contributed by atoms with Crippen molar-refractivity contribution >= 4 is 11.7 Å². The summed E-state index contributed by atoms with van der Waals surface area (Å²) in [5.74, 6) is -2.76. The lowest BCUT2D eigenvalue weighted by Crippen LogP contribution is -2.26. The number of nitrogens with zero attached hydrogens (tertiary/aromatic N) is 1. The molecule has 0 bridgehead atoms. The molecular weight excluding hydrogens is 367 g/mol. The van der Waals surface area contributed by atoms with Crippen molar-refractivity contribution in [3.63, 3.8) is 0 Å². The van der Waals surface area contributed by atoms with Gasteiger partial charge in [-0.05, 0) is 37.6 Å². The van der Waals surface area contributed by atoms with Gasteiger partial charge >= 0.3 is 12.3 Å². The number of carbonyl (C=O) groups excluding carboxylic acids is 1. The molecule has 7 nitrogen and oxygen atoms in total. The van der Waals surface area contributed by atoms with Gasteiger partial charge in [-0.25, -0.2) is 4.79 Å². The normalized spacial score (nSPS) is 17.3. The smallest absolute Gasteiger partial charge is 0.463 e. The summed E-state index contributed by atoms with van der Waals surface area (Å²) in [6.07, 6.45) is -4.92. The number of nitriles is 1. The standard InChI is InChI=1S/C17H16F3N3O4/c1-3-25-16(24)13-8(2)26-15(23)11(7-21)14(13)10-6-9(4-5-12(10)22)27-17(18,19)20/h4-6,14H,3,22-23H2,1-2H3. The van der Waals surface area contributed by atoms with E-state index < -0.39 is 24.0 Å². The number of anilines is 1. The Hall–Kier alpha value is -3.35. The van der Waals surface area contributed by atoms with E-state index in [1.165, 1.54) is 13.0 Å². The van der Waals surface area contributed by atoms with E-state index in [4.69, 9.17) is 20.9 Å². The maximum absolute atomic E-state index is 12.5. The van der Waals surface area contributed by atoms with Gasteiger partial charge in [0.2, 0.25) is 5.88 Å². The topological polar surface area (TPSA) is 121 Å². The van der Waals surface area contributed by atoms with Gasteiger partial charge in [0.1, 0.15) is 23.2 Å². The third-order valence-corrected chi connectivity index (χ3v) is 3.70. The van der Waals surface area contributed by atoms with Crippen molar-refractivity contribution in [3.8, 4) is 11.8 Å². The van der Waals surface area contributed by atoms with Crippen molar-refractivity contribution in [1.82, 2.24) is 0 Å². The zero-order valence-electron chi connectivity index (χ0n) is 14.4. The van der Waals surface area contributed by atoms with E-state index in [1.807, 2.05) is 6.07 Å². The summed E-state index contributed by atoms with van der Waals surface area (Å²) in [6.45, 7) is 3.04. The first kappa shape index (κ1) is 20.0. The number of esters is 1. The Morgan fingerprint density at radius 1 is 1.37 bits per heavy atom. The number of benzene rings is 1. The zero-order valence-corrected chi connectivity index (χ0v) is 14.4. The van der Waals surface area contributed by atoms with Crippen LogP contribution in [-0.2, 0) is 14.3 Å². The average Bonchev–Trinajstić information content (AvgIpc) is 2.55. The molecule has 1 heterocycles. The molecule has 27 heavy (non-hydrogen) atoms. The van der Waals surface area contributed by atoms with E-state index in [2.05, 4.69) is 4.74 Å². The van der Waals surface area contributed by atoms with E-state index in [1.54, 1.807) is 6.92 Å². The third-order valence-electron chi connectivity index (χ3n) is 3.70. The van der Waals surface area contributed by atoms with Gasteiger partial charge in [-0.15, -0.1) is 13.2 Å². The van der Waals surface area contributed by atoms with Crippen molar-refractivity contribution in [1.29, 1.82) is 5.26 Å². The molecule has 0 saturated carbocycles. The second-order valence-electron chi connectivity index (χ2n) is 5.45. The predicted octanol–water partition coefficient (Wildman–Crippen LogP) is 2.81. The highest BCUT2D eigenvalue weighted by molar-refractivity contribution is 5.93. The van der Waals surface area contributed by atoms with Crippen molar-refractivity contribution in [3.05, 3.63) is 46.6 Å². The summed E-state index contributed by atoms with van der Waals surface area (Å²) < 4.78 is 51.8. The minimum Gasteiger partial charge on any atom is -0.463 e. The van der Waals surface area contributed by atoms with Crippen molar-refractivity contribution in [2.24, 2.45) is 5.73 Å². The maximum Gasteiger partial charge on any atom is 0.573 e. The van der Waals surface area contributed by atoms with E-state index in [0.29, 0.717) is 0 Å². The predicted molar refractivity (Wildman–Crippen MR) is 87.5 cm³/mol. The second-order valence-corrected chi connectivity index (χ2v) is 5.45. The molecule has 10 heteroatoms. The minimum atomic E-state index is -4.92. The lowest BCUT2D eigenvalue weighted by atomic mass is 9.82. The highest BCUT2D eigenvalue weighted by Gasteiger charge is 2.38. The van der Waals surface area contributed by atoms with Gasteiger partial charge in [-0.1, -0.05) is 0 Å². The van der Waals surface area contributed by atoms with Gasteiger partial charge in [0, 0.05) is 5.69 Å². The summed E-state index contributed by atoms with van der Waals surface area (Å²) in [7, 11) is 0. The van der Waals surface area contributed by atoms with Gasteiger partial charge in [0.15, 0.2) is 0 Å². The molecule has 0 spiro atoms. The van der Waals surface area contributed by atoms with Crippen LogP contribution < -0.4 is 16.2 Å². The van der Waals surface area contributed by atoms with Crippen molar-refractivity contribution in [2.75, 3.05) is 12.3 Å². The SMILES string of the molecule is CCOC(=O)C1=C(C)OC(N)=C(C#N)C1c1cc(OC(F)(F)F)ccc1N. The van der Waals surface area contributed by atoms with Gasteiger partial charge in [0.05, 0.1) is 18.1 Å². The fourth-order valence-electron chi connectivity index (χ4n) is 2.67. The molecule has 144 valence electrons. The molecule has 0 saturated heterocycles. The van der Waals surface area contributed by atoms with Crippen LogP contribution >= 0.6 is 0 Å². The van der Waals surface area contributed by atoms with E-state index in [9.17, 15) is 23.2 Å². The van der Waals surface area contributed by atoms with Gasteiger partial charge in [-0.3, -0.25) is 0 Å². The molecule has 0 aliphatic carbocycles. The highest BCUT2D eigenvalue weighted by Crippen LogP contribution is 2.43. The maximum atomic E-state index is 12.5. The lowest BCUT2D eigenvalue weighted by molar-refractivity contribution is -0.274. The fraction of sp³-hybridized carbons (Fsp3) is 0.294. The number of allylic oxidation sites excluding steroid dienone is 2. The molecule has 4 N–H and O–H groups in total. The van der Waals surface area contributed by atoms with Crippen LogP contribution in [0.4, 0.5) is 18.9 Å². The van der Waals surface area contributed by atoms with E-state index in [0.717, 1.165) is 12.1 Å². The van der Waals surface area contributed by atoms with Crippen LogP contribution in [0.5, 0.6) is 5.75 Å². The summed E-state index contributed by atoms with van der Waals surface area (Å²) in [6, 6.07) is 5.00. The molecule has 1 unspecified atom stereocenters. The Kier molecular flexibility index (Phi) is 5.54. The van der Waals surface area contributed by atoms with Crippen molar-refractivity contribution < 1.29 is 32.2 Å². The number of hydrogen-bond acceptors (Lipinski definition) is 7. The first-order valence-corrected chi connectivity index (χ1v) is 7.69. The molecule has 1 aromatic rings. The van der Waals surface area contributed by atoms with E-state index in [-0.39, 0.29) is 40.6 Å². The Morgan fingerprint density at radius 3 is 2.59 bits per heavy atom. The molecule has 0 amide bonds. The highest BCUT2D eigenvalue weighted by atomic mass is 19.4. The summed E-state index contributed by atoms with van der Waals surface area (Å²) in [4.78, 5) is 12.4. The third kappa shape index (κ3) is 4.25.